The molecule has 0 atom stereocenters. The Kier molecular flexibility index (Phi) is 6.82. The van der Waals surface area contributed by atoms with Gasteiger partial charge in [0.15, 0.2) is 5.13 Å². The number of aryl methyl sites for hydroxylation is 1. The van der Waals surface area contributed by atoms with E-state index in [9.17, 15) is 14.4 Å². The highest BCUT2D eigenvalue weighted by Crippen LogP contribution is 2.22. The molecule has 9 heteroatoms. The van der Waals surface area contributed by atoms with Crippen LogP contribution in [0.25, 0.3) is 0 Å². The first-order valence-electron chi connectivity index (χ1n) is 9.52. The lowest BCUT2D eigenvalue weighted by Gasteiger charge is -2.30. The summed E-state index contributed by atoms with van der Waals surface area (Å²) in [7, 11) is 0. The molecule has 3 amide bonds. The van der Waals surface area contributed by atoms with E-state index in [2.05, 4.69) is 15.6 Å². The molecule has 2 heterocycles. The second-order valence-electron chi connectivity index (χ2n) is 6.80. The van der Waals surface area contributed by atoms with Gasteiger partial charge in [0.25, 0.3) is 5.91 Å². The number of urea groups is 1. The largest absolute Gasteiger partial charge is 0.466 e. The van der Waals surface area contributed by atoms with E-state index in [1.807, 2.05) is 31.2 Å². The van der Waals surface area contributed by atoms with E-state index in [0.29, 0.717) is 43.4 Å². The number of thiazole rings is 1. The lowest BCUT2D eigenvalue weighted by atomic mass is 9.97. The number of carbonyl (C=O) groups is 3. The van der Waals surface area contributed by atoms with Gasteiger partial charge >= 0.3 is 12.0 Å². The number of piperidine rings is 1. The number of carbonyl (C=O) groups excluding carboxylic acids is 3. The zero-order valence-corrected chi connectivity index (χ0v) is 17.3. The van der Waals surface area contributed by atoms with Crippen LogP contribution in [0.1, 0.15) is 35.8 Å². The quantitative estimate of drug-likeness (QED) is 0.727. The summed E-state index contributed by atoms with van der Waals surface area (Å²) in [5, 5.41) is 7.34. The summed E-state index contributed by atoms with van der Waals surface area (Å²) in [5.41, 5.74) is 2.06. The van der Waals surface area contributed by atoms with Crippen LogP contribution in [0.15, 0.2) is 29.6 Å². The van der Waals surface area contributed by atoms with Gasteiger partial charge in [0.2, 0.25) is 0 Å². The van der Waals surface area contributed by atoms with Crippen molar-refractivity contribution in [1.82, 2.24) is 9.88 Å². The molecule has 1 aliphatic rings. The molecule has 1 aliphatic heterocycles. The number of aromatic nitrogens is 1. The summed E-state index contributed by atoms with van der Waals surface area (Å²) in [6.45, 7) is 5.08. The van der Waals surface area contributed by atoms with E-state index in [1.54, 1.807) is 17.2 Å². The smallest absolute Gasteiger partial charge is 0.325 e. The molecule has 8 nitrogen and oxygen atoms in total. The predicted octanol–water partition coefficient (Wildman–Crippen LogP) is 3.51. The first kappa shape index (κ1) is 20.8. The van der Waals surface area contributed by atoms with E-state index < -0.39 is 6.03 Å². The highest BCUT2D eigenvalue weighted by molar-refractivity contribution is 7.14. The number of nitrogens with one attached hydrogen (secondary N) is 2. The molecule has 0 radical (unpaired) electrons. The third kappa shape index (κ3) is 5.54. The number of likely N-dealkylation sites (tertiary alicyclic amines) is 1. The first-order chi connectivity index (χ1) is 14.0. The van der Waals surface area contributed by atoms with Gasteiger partial charge in [-0.1, -0.05) is 17.7 Å². The number of amides is 3. The third-order valence-electron chi connectivity index (χ3n) is 4.66. The van der Waals surface area contributed by atoms with E-state index in [1.165, 1.54) is 11.3 Å². The minimum atomic E-state index is -0.419. The van der Waals surface area contributed by atoms with Crippen molar-refractivity contribution in [3.05, 3.63) is 40.9 Å². The van der Waals surface area contributed by atoms with Crippen LogP contribution in [0, 0.1) is 12.8 Å². The van der Waals surface area contributed by atoms with Crippen molar-refractivity contribution in [1.29, 1.82) is 0 Å². The fourth-order valence-corrected chi connectivity index (χ4v) is 3.75. The molecule has 0 spiro atoms. The van der Waals surface area contributed by atoms with Crippen LogP contribution >= 0.6 is 11.3 Å². The van der Waals surface area contributed by atoms with Gasteiger partial charge in [-0.25, -0.2) is 9.78 Å². The molecule has 1 aromatic carbocycles. The molecule has 0 aliphatic carbocycles. The Labute approximate surface area is 173 Å². The van der Waals surface area contributed by atoms with E-state index in [-0.39, 0.29) is 23.5 Å². The molecule has 0 bridgehead atoms. The first-order valence-corrected chi connectivity index (χ1v) is 10.4. The lowest BCUT2D eigenvalue weighted by Crippen LogP contribution is -2.40. The fourth-order valence-electron chi connectivity index (χ4n) is 3.07. The maximum absolute atomic E-state index is 12.6. The van der Waals surface area contributed by atoms with E-state index >= 15 is 0 Å². The number of hydrogen-bond donors (Lipinski definition) is 2. The van der Waals surface area contributed by atoms with Gasteiger partial charge in [0.05, 0.1) is 12.5 Å². The number of anilines is 2. The molecule has 0 saturated carbocycles. The molecule has 2 N–H and O–H groups in total. The fraction of sp³-hybridized carbons (Fsp3) is 0.400. The molecule has 29 heavy (non-hydrogen) atoms. The molecular weight excluding hydrogens is 392 g/mol. The summed E-state index contributed by atoms with van der Waals surface area (Å²) in [4.78, 5) is 42.5. The van der Waals surface area contributed by atoms with E-state index in [4.69, 9.17) is 4.74 Å². The maximum atomic E-state index is 12.6. The Balaban J connectivity index is 1.51. The van der Waals surface area contributed by atoms with Crippen LogP contribution in [-0.4, -0.2) is 47.5 Å². The molecule has 1 aromatic heterocycles. The average Bonchev–Trinajstić information content (AvgIpc) is 3.18. The zero-order chi connectivity index (χ0) is 20.8. The average molecular weight is 417 g/mol. The van der Waals surface area contributed by atoms with Crippen molar-refractivity contribution in [2.75, 3.05) is 30.3 Å². The monoisotopic (exact) mass is 416 g/mol. The molecule has 154 valence electrons. The second-order valence-corrected chi connectivity index (χ2v) is 7.66. The topological polar surface area (TPSA) is 101 Å². The highest BCUT2D eigenvalue weighted by atomic mass is 32.1. The minimum Gasteiger partial charge on any atom is -0.466 e. The van der Waals surface area contributed by atoms with Crippen molar-refractivity contribution >= 4 is 40.1 Å². The Morgan fingerprint density at radius 3 is 2.52 bits per heavy atom. The van der Waals surface area contributed by atoms with Gasteiger partial charge < -0.3 is 15.0 Å². The molecule has 0 unspecified atom stereocenters. The van der Waals surface area contributed by atoms with Gasteiger partial charge in [0, 0.05) is 24.2 Å². The van der Waals surface area contributed by atoms with E-state index in [0.717, 1.165) is 5.56 Å². The molecule has 3 rings (SSSR count). The predicted molar refractivity (Wildman–Crippen MR) is 111 cm³/mol. The van der Waals surface area contributed by atoms with Crippen LogP contribution in [0.2, 0.25) is 0 Å². The number of hydrogen-bond acceptors (Lipinski definition) is 6. The Hall–Kier alpha value is -2.94. The van der Waals surface area contributed by atoms with Crippen molar-refractivity contribution in [3.8, 4) is 0 Å². The van der Waals surface area contributed by atoms with Crippen LogP contribution in [0.4, 0.5) is 15.6 Å². The standard InChI is InChI=1S/C20H24N4O4S/c1-3-28-18(26)14-8-10-24(11-9-14)17(25)16-12-29-20(22-16)23-19(27)21-15-6-4-13(2)5-7-15/h4-7,12,14H,3,8-11H2,1-2H3,(H2,21,22,23,27). The summed E-state index contributed by atoms with van der Waals surface area (Å²) in [6, 6.07) is 7.01. The highest BCUT2D eigenvalue weighted by Gasteiger charge is 2.29. The van der Waals surface area contributed by atoms with Crippen LogP contribution in [0.3, 0.4) is 0 Å². The number of nitrogens with zero attached hydrogens (tertiary/aromatic N) is 2. The molecular formula is C20H24N4O4S. The minimum absolute atomic E-state index is 0.155. The number of rotatable bonds is 5. The zero-order valence-electron chi connectivity index (χ0n) is 16.4. The third-order valence-corrected chi connectivity index (χ3v) is 5.41. The van der Waals surface area contributed by atoms with Crippen LogP contribution in [0.5, 0.6) is 0 Å². The summed E-state index contributed by atoms with van der Waals surface area (Å²) >= 11 is 1.19. The van der Waals surface area contributed by atoms with Gasteiger partial charge in [0.1, 0.15) is 5.69 Å². The normalized spacial score (nSPS) is 14.3. The second kappa shape index (κ2) is 9.51. The van der Waals surface area contributed by atoms with Gasteiger partial charge in [-0.3, -0.25) is 14.9 Å². The number of ether oxygens (including phenoxy) is 1. The van der Waals surface area contributed by atoms with Gasteiger partial charge in [-0.2, -0.15) is 0 Å². The lowest BCUT2D eigenvalue weighted by molar-refractivity contribution is -0.149. The van der Waals surface area contributed by atoms with Gasteiger partial charge in [-0.15, -0.1) is 11.3 Å². The Bertz CT molecular complexity index is 873. The molecule has 1 fully saturated rings. The van der Waals surface area contributed by atoms with Crippen molar-refractivity contribution in [2.24, 2.45) is 5.92 Å². The number of esters is 1. The van der Waals surface area contributed by atoms with Gasteiger partial charge in [-0.05, 0) is 38.8 Å². The summed E-state index contributed by atoms with van der Waals surface area (Å²) in [5.74, 6) is -0.549. The van der Waals surface area contributed by atoms with Crippen LogP contribution < -0.4 is 10.6 Å². The number of benzene rings is 1. The van der Waals surface area contributed by atoms with Crippen molar-refractivity contribution < 1.29 is 19.1 Å². The maximum Gasteiger partial charge on any atom is 0.325 e. The Morgan fingerprint density at radius 1 is 1.17 bits per heavy atom. The summed E-state index contributed by atoms with van der Waals surface area (Å²) in [6.07, 6.45) is 1.16. The van der Waals surface area contributed by atoms with Crippen LogP contribution in [-0.2, 0) is 9.53 Å². The molecule has 1 saturated heterocycles. The molecule has 2 aromatic rings. The Morgan fingerprint density at radius 2 is 1.86 bits per heavy atom. The van der Waals surface area contributed by atoms with Crippen molar-refractivity contribution in [3.63, 3.8) is 0 Å². The summed E-state index contributed by atoms with van der Waals surface area (Å²) < 4.78 is 5.05. The SMILES string of the molecule is CCOC(=O)C1CCN(C(=O)c2csc(NC(=O)Nc3ccc(C)cc3)n2)CC1. The van der Waals surface area contributed by atoms with Crippen molar-refractivity contribution in [2.45, 2.75) is 26.7 Å².